The Labute approximate surface area is 134 Å². The minimum Gasteiger partial charge on any atom is -0.408 e. The van der Waals surface area contributed by atoms with Gasteiger partial charge in [-0.2, -0.15) is 4.98 Å². The van der Waals surface area contributed by atoms with Gasteiger partial charge in [0.05, 0.1) is 12.1 Å². The predicted octanol–water partition coefficient (Wildman–Crippen LogP) is 3.35. The lowest BCUT2D eigenvalue weighted by Gasteiger charge is -1.96. The molecule has 0 saturated carbocycles. The van der Waals surface area contributed by atoms with Crippen LogP contribution in [-0.2, 0) is 6.54 Å². The molecule has 0 aliphatic carbocycles. The Morgan fingerprint density at radius 3 is 2.87 bits per heavy atom. The fraction of sp³-hybridized carbons (Fsp3) is 0.0625. The SMILES string of the molecule is O=c1oc2ccccc2n1Cc1noc(-c2cccc(Cl)c2)n1. The fourth-order valence-corrected chi connectivity index (χ4v) is 2.55. The third-order valence-corrected chi connectivity index (χ3v) is 3.65. The lowest BCUT2D eigenvalue weighted by atomic mass is 10.2. The highest BCUT2D eigenvalue weighted by Gasteiger charge is 2.14. The van der Waals surface area contributed by atoms with E-state index in [2.05, 4.69) is 10.1 Å². The summed E-state index contributed by atoms with van der Waals surface area (Å²) in [6, 6.07) is 14.3. The van der Waals surface area contributed by atoms with Crippen LogP contribution in [0.3, 0.4) is 0 Å². The van der Waals surface area contributed by atoms with Gasteiger partial charge in [0, 0.05) is 10.6 Å². The van der Waals surface area contributed by atoms with E-state index in [-0.39, 0.29) is 6.54 Å². The van der Waals surface area contributed by atoms with E-state index in [1.807, 2.05) is 12.1 Å². The van der Waals surface area contributed by atoms with Crippen molar-refractivity contribution in [2.24, 2.45) is 0 Å². The maximum absolute atomic E-state index is 12.0. The molecule has 114 valence electrons. The summed E-state index contributed by atoms with van der Waals surface area (Å²) < 4.78 is 11.9. The van der Waals surface area contributed by atoms with Crippen molar-refractivity contribution in [3.63, 3.8) is 0 Å². The number of hydrogen-bond donors (Lipinski definition) is 0. The Morgan fingerprint density at radius 1 is 1.13 bits per heavy atom. The van der Waals surface area contributed by atoms with Crippen LogP contribution in [0.15, 0.2) is 62.3 Å². The third kappa shape index (κ3) is 2.53. The van der Waals surface area contributed by atoms with Crippen molar-refractivity contribution in [1.82, 2.24) is 14.7 Å². The number of hydrogen-bond acceptors (Lipinski definition) is 5. The van der Waals surface area contributed by atoms with Gasteiger partial charge < -0.3 is 8.94 Å². The van der Waals surface area contributed by atoms with Crippen LogP contribution in [0, 0.1) is 0 Å². The van der Waals surface area contributed by atoms with Gasteiger partial charge in [0.15, 0.2) is 11.4 Å². The molecule has 0 spiro atoms. The molecule has 4 aromatic rings. The molecular formula is C16H10ClN3O3. The molecule has 0 aliphatic rings. The zero-order valence-corrected chi connectivity index (χ0v) is 12.5. The van der Waals surface area contributed by atoms with Crippen LogP contribution in [0.4, 0.5) is 0 Å². The van der Waals surface area contributed by atoms with Gasteiger partial charge in [0.1, 0.15) is 0 Å². The first-order valence-corrected chi connectivity index (χ1v) is 7.25. The number of aromatic nitrogens is 3. The fourth-order valence-electron chi connectivity index (χ4n) is 2.36. The normalized spacial score (nSPS) is 11.2. The van der Waals surface area contributed by atoms with Crippen LogP contribution in [0.5, 0.6) is 0 Å². The molecule has 2 heterocycles. The highest BCUT2D eigenvalue weighted by atomic mass is 35.5. The third-order valence-electron chi connectivity index (χ3n) is 3.41. The largest absolute Gasteiger partial charge is 0.420 e. The summed E-state index contributed by atoms with van der Waals surface area (Å²) in [5.41, 5.74) is 1.93. The molecule has 0 unspecified atom stereocenters. The molecule has 0 fully saturated rings. The minimum atomic E-state index is -0.458. The Morgan fingerprint density at radius 2 is 2.00 bits per heavy atom. The Balaban J connectivity index is 1.70. The van der Waals surface area contributed by atoms with Crippen LogP contribution in [0.25, 0.3) is 22.6 Å². The van der Waals surface area contributed by atoms with Crippen LogP contribution < -0.4 is 5.76 Å². The summed E-state index contributed by atoms with van der Waals surface area (Å²) in [6.45, 7) is 0.167. The highest BCUT2D eigenvalue weighted by Crippen LogP contribution is 2.21. The smallest absolute Gasteiger partial charge is 0.408 e. The molecule has 6 nitrogen and oxygen atoms in total. The average molecular weight is 328 g/mol. The maximum Gasteiger partial charge on any atom is 0.420 e. The number of oxazole rings is 1. The van der Waals surface area contributed by atoms with Crippen molar-refractivity contribution in [2.45, 2.75) is 6.54 Å². The quantitative estimate of drug-likeness (QED) is 0.577. The van der Waals surface area contributed by atoms with Gasteiger partial charge in [-0.1, -0.05) is 35.0 Å². The number of para-hydroxylation sites is 2. The number of nitrogens with zero attached hydrogens (tertiary/aromatic N) is 3. The van der Waals surface area contributed by atoms with Crippen LogP contribution >= 0.6 is 11.6 Å². The summed E-state index contributed by atoms with van der Waals surface area (Å²) in [5, 5.41) is 4.50. The molecule has 0 N–H and O–H groups in total. The summed E-state index contributed by atoms with van der Waals surface area (Å²) in [5.74, 6) is 0.275. The van der Waals surface area contributed by atoms with Crippen molar-refractivity contribution in [2.75, 3.05) is 0 Å². The molecule has 23 heavy (non-hydrogen) atoms. The van der Waals surface area contributed by atoms with Gasteiger partial charge in [-0.05, 0) is 30.3 Å². The Kier molecular flexibility index (Phi) is 3.24. The molecular weight excluding hydrogens is 318 g/mol. The number of fused-ring (bicyclic) bond motifs is 1. The van der Waals surface area contributed by atoms with E-state index in [0.29, 0.717) is 27.8 Å². The molecule has 0 bridgehead atoms. The van der Waals surface area contributed by atoms with Crippen molar-refractivity contribution in [3.05, 3.63) is 69.9 Å². The standard InChI is InChI=1S/C16H10ClN3O3/c17-11-5-3-4-10(8-11)15-18-14(19-23-15)9-20-12-6-1-2-7-13(12)22-16(20)21/h1-8H,9H2. The monoisotopic (exact) mass is 327 g/mol. The zero-order chi connectivity index (χ0) is 15.8. The van der Waals surface area contributed by atoms with Crippen LogP contribution in [0.1, 0.15) is 5.82 Å². The van der Waals surface area contributed by atoms with Crippen LogP contribution in [0.2, 0.25) is 5.02 Å². The van der Waals surface area contributed by atoms with Gasteiger partial charge >= 0.3 is 5.76 Å². The van der Waals surface area contributed by atoms with E-state index in [1.54, 1.807) is 36.4 Å². The Bertz CT molecular complexity index is 1050. The van der Waals surface area contributed by atoms with E-state index in [9.17, 15) is 4.79 Å². The lowest BCUT2D eigenvalue weighted by Crippen LogP contribution is -2.15. The molecule has 0 amide bonds. The minimum absolute atomic E-state index is 0.167. The molecule has 2 aromatic heterocycles. The second-order valence-electron chi connectivity index (χ2n) is 4.95. The zero-order valence-electron chi connectivity index (χ0n) is 11.8. The first kappa shape index (κ1) is 13.8. The summed E-state index contributed by atoms with van der Waals surface area (Å²) >= 11 is 5.96. The van der Waals surface area contributed by atoms with E-state index < -0.39 is 5.76 Å². The summed E-state index contributed by atoms with van der Waals surface area (Å²) in [6.07, 6.45) is 0. The van der Waals surface area contributed by atoms with E-state index in [0.717, 1.165) is 5.56 Å². The second-order valence-corrected chi connectivity index (χ2v) is 5.38. The van der Waals surface area contributed by atoms with Gasteiger partial charge in [0.2, 0.25) is 0 Å². The first-order chi connectivity index (χ1) is 11.2. The molecule has 7 heteroatoms. The van der Waals surface area contributed by atoms with Crippen molar-refractivity contribution < 1.29 is 8.94 Å². The summed E-state index contributed by atoms with van der Waals surface area (Å²) in [4.78, 5) is 16.3. The molecule has 0 saturated heterocycles. The highest BCUT2D eigenvalue weighted by molar-refractivity contribution is 6.30. The van der Waals surface area contributed by atoms with Gasteiger partial charge in [0.25, 0.3) is 5.89 Å². The first-order valence-electron chi connectivity index (χ1n) is 6.87. The van der Waals surface area contributed by atoms with E-state index in [1.165, 1.54) is 4.57 Å². The van der Waals surface area contributed by atoms with Crippen molar-refractivity contribution in [3.8, 4) is 11.5 Å². The second kappa shape index (κ2) is 5.40. The van der Waals surface area contributed by atoms with E-state index >= 15 is 0 Å². The Hall–Kier alpha value is -2.86. The number of halogens is 1. The number of rotatable bonds is 3. The molecule has 4 rings (SSSR count). The molecule has 2 aromatic carbocycles. The molecule has 0 radical (unpaired) electrons. The summed E-state index contributed by atoms with van der Waals surface area (Å²) in [7, 11) is 0. The molecule has 0 atom stereocenters. The van der Waals surface area contributed by atoms with Crippen molar-refractivity contribution >= 4 is 22.7 Å². The van der Waals surface area contributed by atoms with Gasteiger partial charge in [-0.15, -0.1) is 0 Å². The van der Waals surface area contributed by atoms with Crippen molar-refractivity contribution in [1.29, 1.82) is 0 Å². The topological polar surface area (TPSA) is 74.1 Å². The number of benzene rings is 2. The average Bonchev–Trinajstić information content (AvgIpc) is 3.13. The van der Waals surface area contributed by atoms with E-state index in [4.69, 9.17) is 20.5 Å². The van der Waals surface area contributed by atoms with Gasteiger partial charge in [-0.25, -0.2) is 4.79 Å². The van der Waals surface area contributed by atoms with Crippen LogP contribution in [-0.4, -0.2) is 14.7 Å². The lowest BCUT2D eigenvalue weighted by molar-refractivity contribution is 0.418. The maximum atomic E-state index is 12.0. The van der Waals surface area contributed by atoms with Gasteiger partial charge in [-0.3, -0.25) is 4.57 Å². The molecule has 0 aliphatic heterocycles. The predicted molar refractivity (Wildman–Crippen MR) is 84.3 cm³/mol.